The first-order valence-electron chi connectivity index (χ1n) is 3.72. The highest BCUT2D eigenvalue weighted by atomic mass is 32.2. The molecule has 11 heavy (non-hydrogen) atoms. The van der Waals surface area contributed by atoms with Crippen LogP contribution < -0.4 is 0 Å². The molecule has 0 bridgehead atoms. The van der Waals surface area contributed by atoms with Crippen molar-refractivity contribution in [1.82, 2.24) is 0 Å². The molecular formula is C7H15O3S. The van der Waals surface area contributed by atoms with Crippen LogP contribution in [0.25, 0.3) is 0 Å². The van der Waals surface area contributed by atoms with Crippen LogP contribution in [0.2, 0.25) is 0 Å². The standard InChI is InChI=1S/C7H15O3S/c1-7(2)5-3-4-6-11(8,9)10/h6-7H,3-5H2,1-2H3,(H,8,9,10). The molecule has 0 heterocycles. The van der Waals surface area contributed by atoms with Gasteiger partial charge in [-0.1, -0.05) is 26.7 Å². The molecule has 0 saturated heterocycles. The highest BCUT2D eigenvalue weighted by molar-refractivity contribution is 7.87. The summed E-state index contributed by atoms with van der Waals surface area (Å²) in [7, 11) is -3.85. The van der Waals surface area contributed by atoms with Gasteiger partial charge in [-0.05, 0) is 12.3 Å². The van der Waals surface area contributed by atoms with Gasteiger partial charge in [0, 0.05) is 0 Å². The summed E-state index contributed by atoms with van der Waals surface area (Å²) >= 11 is 0. The van der Waals surface area contributed by atoms with Crippen LogP contribution >= 0.6 is 0 Å². The first-order valence-corrected chi connectivity index (χ1v) is 5.23. The van der Waals surface area contributed by atoms with Crippen molar-refractivity contribution >= 4 is 10.1 Å². The number of hydrogen-bond acceptors (Lipinski definition) is 2. The molecule has 0 aliphatic rings. The molecule has 0 spiro atoms. The lowest BCUT2D eigenvalue weighted by Gasteiger charge is -2.01. The molecule has 0 rings (SSSR count). The molecule has 1 N–H and O–H groups in total. The summed E-state index contributed by atoms with van der Waals surface area (Å²) in [6.07, 6.45) is 2.25. The Hall–Kier alpha value is -0.0900. The summed E-state index contributed by atoms with van der Waals surface area (Å²) in [5.74, 6) is 1.54. The van der Waals surface area contributed by atoms with E-state index in [2.05, 4.69) is 13.8 Å². The Balaban J connectivity index is 3.30. The quantitative estimate of drug-likeness (QED) is 0.517. The number of unbranched alkanes of at least 4 members (excludes halogenated alkanes) is 1. The van der Waals surface area contributed by atoms with Crippen LogP contribution in [-0.2, 0) is 10.1 Å². The van der Waals surface area contributed by atoms with Gasteiger partial charge in [0.25, 0.3) is 10.1 Å². The fourth-order valence-corrected chi connectivity index (χ4v) is 1.22. The second-order valence-corrected chi connectivity index (χ2v) is 4.37. The van der Waals surface area contributed by atoms with Crippen LogP contribution in [0.5, 0.6) is 0 Å². The number of hydrogen-bond donors (Lipinski definition) is 1. The maximum Gasteiger partial charge on any atom is 0.269 e. The van der Waals surface area contributed by atoms with E-state index in [4.69, 9.17) is 4.55 Å². The topological polar surface area (TPSA) is 54.4 Å². The van der Waals surface area contributed by atoms with E-state index in [9.17, 15) is 8.42 Å². The Kier molecular flexibility index (Phi) is 4.68. The predicted molar refractivity (Wildman–Crippen MR) is 44.5 cm³/mol. The van der Waals surface area contributed by atoms with Gasteiger partial charge in [-0.25, -0.2) is 0 Å². The summed E-state index contributed by atoms with van der Waals surface area (Å²) in [5.41, 5.74) is 0. The lowest BCUT2D eigenvalue weighted by Crippen LogP contribution is -1.97. The van der Waals surface area contributed by atoms with Gasteiger partial charge in [-0.15, -0.1) is 0 Å². The fraction of sp³-hybridized carbons (Fsp3) is 0.857. The smallest absolute Gasteiger partial charge is 0.269 e. The van der Waals surface area contributed by atoms with Crippen molar-refractivity contribution in [3.63, 3.8) is 0 Å². The lowest BCUT2D eigenvalue weighted by atomic mass is 10.1. The minimum Gasteiger partial charge on any atom is -0.285 e. The van der Waals surface area contributed by atoms with Crippen molar-refractivity contribution in [3.05, 3.63) is 5.75 Å². The van der Waals surface area contributed by atoms with E-state index in [1.54, 1.807) is 0 Å². The third-order valence-electron chi connectivity index (χ3n) is 1.31. The molecule has 67 valence electrons. The minimum atomic E-state index is -3.85. The molecule has 0 aromatic heterocycles. The molecular weight excluding hydrogens is 164 g/mol. The maximum atomic E-state index is 10.2. The van der Waals surface area contributed by atoms with E-state index in [0.29, 0.717) is 12.3 Å². The normalized spacial score (nSPS) is 12.4. The Morgan fingerprint density at radius 1 is 1.45 bits per heavy atom. The molecule has 0 saturated carbocycles. The molecule has 0 fully saturated rings. The van der Waals surface area contributed by atoms with E-state index in [-0.39, 0.29) is 0 Å². The maximum absolute atomic E-state index is 10.2. The first-order chi connectivity index (χ1) is 4.92. The molecule has 0 unspecified atom stereocenters. The van der Waals surface area contributed by atoms with Crippen LogP contribution in [0.1, 0.15) is 33.1 Å². The van der Waals surface area contributed by atoms with E-state index >= 15 is 0 Å². The van der Waals surface area contributed by atoms with Crippen molar-refractivity contribution in [2.45, 2.75) is 33.1 Å². The molecule has 0 aromatic rings. The highest BCUT2D eigenvalue weighted by Crippen LogP contribution is 2.08. The van der Waals surface area contributed by atoms with Gasteiger partial charge in [0.1, 0.15) is 5.75 Å². The number of rotatable bonds is 5. The highest BCUT2D eigenvalue weighted by Gasteiger charge is 2.04. The van der Waals surface area contributed by atoms with Crippen LogP contribution in [0.15, 0.2) is 0 Å². The van der Waals surface area contributed by atoms with E-state index in [1.165, 1.54) is 0 Å². The first kappa shape index (κ1) is 10.9. The summed E-state index contributed by atoms with van der Waals surface area (Å²) in [5, 5.41) is 0. The second kappa shape index (κ2) is 4.72. The van der Waals surface area contributed by atoms with Gasteiger partial charge in [0.2, 0.25) is 0 Å². The molecule has 0 aliphatic carbocycles. The second-order valence-electron chi connectivity index (χ2n) is 3.01. The van der Waals surface area contributed by atoms with Gasteiger partial charge >= 0.3 is 0 Å². The van der Waals surface area contributed by atoms with E-state index in [0.717, 1.165) is 18.6 Å². The Bertz CT molecular complexity index is 182. The third-order valence-corrected chi connectivity index (χ3v) is 1.97. The molecule has 4 heteroatoms. The Morgan fingerprint density at radius 3 is 2.36 bits per heavy atom. The SMILES string of the molecule is CC(C)CCC[CH]S(=O)(=O)O. The van der Waals surface area contributed by atoms with Gasteiger partial charge in [-0.3, -0.25) is 4.55 Å². The summed E-state index contributed by atoms with van der Waals surface area (Å²) in [6, 6.07) is 0. The lowest BCUT2D eigenvalue weighted by molar-refractivity contribution is 0.484. The molecule has 0 aliphatic heterocycles. The largest absolute Gasteiger partial charge is 0.285 e. The third kappa shape index (κ3) is 9.91. The van der Waals surface area contributed by atoms with E-state index in [1.807, 2.05) is 0 Å². The Morgan fingerprint density at radius 2 is 2.00 bits per heavy atom. The van der Waals surface area contributed by atoms with Gasteiger partial charge in [-0.2, -0.15) is 8.42 Å². The van der Waals surface area contributed by atoms with Crippen LogP contribution in [0, 0.1) is 11.7 Å². The van der Waals surface area contributed by atoms with Gasteiger partial charge in [0.05, 0.1) is 0 Å². The van der Waals surface area contributed by atoms with Crippen molar-refractivity contribution in [3.8, 4) is 0 Å². The molecule has 3 nitrogen and oxygen atoms in total. The van der Waals surface area contributed by atoms with Gasteiger partial charge < -0.3 is 0 Å². The van der Waals surface area contributed by atoms with Crippen molar-refractivity contribution in [1.29, 1.82) is 0 Å². The summed E-state index contributed by atoms with van der Waals surface area (Å²) in [4.78, 5) is 0. The van der Waals surface area contributed by atoms with Crippen molar-refractivity contribution in [2.75, 3.05) is 0 Å². The van der Waals surface area contributed by atoms with Gasteiger partial charge in [0.15, 0.2) is 0 Å². The molecule has 0 aromatic carbocycles. The van der Waals surface area contributed by atoms with Crippen LogP contribution in [0.3, 0.4) is 0 Å². The average Bonchev–Trinajstić information content (AvgIpc) is 1.78. The van der Waals surface area contributed by atoms with Crippen molar-refractivity contribution in [2.24, 2.45) is 5.92 Å². The zero-order chi connectivity index (χ0) is 8.91. The van der Waals surface area contributed by atoms with Crippen LogP contribution in [-0.4, -0.2) is 13.0 Å². The summed E-state index contributed by atoms with van der Waals surface area (Å²) in [6.45, 7) is 4.15. The summed E-state index contributed by atoms with van der Waals surface area (Å²) < 4.78 is 28.7. The minimum absolute atomic E-state index is 0.441. The fourth-order valence-electron chi connectivity index (χ4n) is 0.758. The molecule has 1 radical (unpaired) electrons. The van der Waals surface area contributed by atoms with Crippen LogP contribution in [0.4, 0.5) is 0 Å². The zero-order valence-electron chi connectivity index (χ0n) is 6.95. The monoisotopic (exact) mass is 179 g/mol. The molecule has 0 atom stereocenters. The molecule has 0 amide bonds. The van der Waals surface area contributed by atoms with Crippen molar-refractivity contribution < 1.29 is 13.0 Å². The average molecular weight is 179 g/mol. The predicted octanol–water partition coefficient (Wildman–Crippen LogP) is 1.86. The zero-order valence-corrected chi connectivity index (χ0v) is 7.76. The van der Waals surface area contributed by atoms with E-state index < -0.39 is 10.1 Å². The Labute approximate surface area is 68.6 Å².